The summed E-state index contributed by atoms with van der Waals surface area (Å²) in [5, 5.41) is 10.3. The Kier molecular flexibility index (Phi) is 7.54. The molecule has 1 fully saturated rings. The molecule has 160 valence electrons. The van der Waals surface area contributed by atoms with Gasteiger partial charge in [0, 0.05) is 38.3 Å². The maximum absolute atomic E-state index is 13.0. The highest BCUT2D eigenvalue weighted by Gasteiger charge is 2.22. The lowest BCUT2D eigenvalue weighted by atomic mass is 10.1. The van der Waals surface area contributed by atoms with Crippen molar-refractivity contribution in [2.75, 3.05) is 39.3 Å². The lowest BCUT2D eigenvalue weighted by Crippen LogP contribution is -2.51. The lowest BCUT2D eigenvalue weighted by Gasteiger charge is -2.35. The lowest BCUT2D eigenvalue weighted by molar-refractivity contribution is -0.132. The van der Waals surface area contributed by atoms with E-state index in [1.807, 2.05) is 0 Å². The highest BCUT2D eigenvalue weighted by atomic mass is 19.1. The second-order valence-corrected chi connectivity index (χ2v) is 7.53. The number of hydrogen-bond donors (Lipinski definition) is 1. The van der Waals surface area contributed by atoms with E-state index in [1.165, 1.54) is 19.1 Å². The predicted octanol–water partition coefficient (Wildman–Crippen LogP) is 2.15. The SMILES string of the molecule is CC(=O)c1ccc(OCC(O)CN2CCN(C(=O)Cc3ccc(F)cc3)CC2)cc1. The number of hydrogen-bond acceptors (Lipinski definition) is 5. The average molecular weight is 414 g/mol. The van der Waals surface area contributed by atoms with Gasteiger partial charge in [-0.1, -0.05) is 12.1 Å². The van der Waals surface area contributed by atoms with Crippen LogP contribution in [-0.2, 0) is 11.2 Å². The minimum absolute atomic E-state index is 0.00289. The summed E-state index contributed by atoms with van der Waals surface area (Å²) in [5.74, 6) is 0.321. The van der Waals surface area contributed by atoms with Crippen molar-refractivity contribution in [3.8, 4) is 5.75 Å². The van der Waals surface area contributed by atoms with Crippen LogP contribution >= 0.6 is 0 Å². The molecule has 3 rings (SSSR count). The van der Waals surface area contributed by atoms with E-state index in [-0.39, 0.29) is 30.5 Å². The molecular weight excluding hydrogens is 387 g/mol. The van der Waals surface area contributed by atoms with Gasteiger partial charge in [0.25, 0.3) is 0 Å². The molecule has 6 nitrogen and oxygen atoms in total. The fraction of sp³-hybridized carbons (Fsp3) is 0.391. The standard InChI is InChI=1S/C23H27FN2O4/c1-17(27)19-4-8-22(9-5-19)30-16-21(28)15-25-10-12-26(13-11-25)23(29)14-18-2-6-20(24)7-3-18/h2-9,21,28H,10-16H2,1H3. The second kappa shape index (κ2) is 10.3. The summed E-state index contributed by atoms with van der Waals surface area (Å²) in [4.78, 5) is 27.6. The molecule has 1 atom stereocenters. The van der Waals surface area contributed by atoms with Gasteiger partial charge in [0.05, 0.1) is 6.42 Å². The van der Waals surface area contributed by atoms with E-state index < -0.39 is 6.10 Å². The van der Waals surface area contributed by atoms with Gasteiger partial charge in [-0.05, 0) is 48.9 Å². The highest BCUT2D eigenvalue weighted by molar-refractivity contribution is 5.94. The molecule has 30 heavy (non-hydrogen) atoms. The fourth-order valence-electron chi connectivity index (χ4n) is 3.40. The molecule has 1 saturated heterocycles. The molecule has 2 aromatic rings. The van der Waals surface area contributed by atoms with Crippen molar-refractivity contribution >= 4 is 11.7 Å². The Morgan fingerprint density at radius 3 is 2.27 bits per heavy atom. The number of amides is 1. The van der Waals surface area contributed by atoms with Crippen LogP contribution in [0.15, 0.2) is 48.5 Å². The van der Waals surface area contributed by atoms with Crippen LogP contribution < -0.4 is 4.74 Å². The molecule has 0 aromatic heterocycles. The smallest absolute Gasteiger partial charge is 0.227 e. The van der Waals surface area contributed by atoms with Crippen molar-refractivity contribution < 1.29 is 23.8 Å². The number of carbonyl (C=O) groups is 2. The zero-order chi connectivity index (χ0) is 21.5. The molecule has 2 aromatic carbocycles. The van der Waals surface area contributed by atoms with Crippen molar-refractivity contribution in [2.24, 2.45) is 0 Å². The van der Waals surface area contributed by atoms with Gasteiger partial charge in [-0.15, -0.1) is 0 Å². The van der Waals surface area contributed by atoms with Crippen LogP contribution in [0.3, 0.4) is 0 Å². The van der Waals surface area contributed by atoms with Crippen LogP contribution in [0.25, 0.3) is 0 Å². The van der Waals surface area contributed by atoms with E-state index in [1.54, 1.807) is 41.3 Å². The number of aliphatic hydroxyl groups excluding tert-OH is 1. The first-order valence-corrected chi connectivity index (χ1v) is 10.1. The number of ether oxygens (including phenoxy) is 1. The molecule has 0 aliphatic carbocycles. The van der Waals surface area contributed by atoms with Crippen LogP contribution in [0.4, 0.5) is 4.39 Å². The van der Waals surface area contributed by atoms with Crippen molar-refractivity contribution in [3.05, 3.63) is 65.5 Å². The zero-order valence-electron chi connectivity index (χ0n) is 17.1. The third kappa shape index (κ3) is 6.37. The van der Waals surface area contributed by atoms with E-state index in [2.05, 4.69) is 4.90 Å². The average Bonchev–Trinajstić information content (AvgIpc) is 2.74. The summed E-state index contributed by atoms with van der Waals surface area (Å²) in [5.41, 5.74) is 1.42. The van der Waals surface area contributed by atoms with Gasteiger partial charge in [0.2, 0.25) is 5.91 Å². The van der Waals surface area contributed by atoms with Gasteiger partial charge in [-0.25, -0.2) is 4.39 Å². The van der Waals surface area contributed by atoms with Crippen LogP contribution in [0.1, 0.15) is 22.8 Å². The second-order valence-electron chi connectivity index (χ2n) is 7.53. The summed E-state index contributed by atoms with van der Waals surface area (Å²) < 4.78 is 18.6. The maximum atomic E-state index is 13.0. The van der Waals surface area contributed by atoms with E-state index in [9.17, 15) is 19.1 Å². The molecule has 1 aliphatic heterocycles. The zero-order valence-corrected chi connectivity index (χ0v) is 17.1. The maximum Gasteiger partial charge on any atom is 0.227 e. The van der Waals surface area contributed by atoms with Crippen LogP contribution in [-0.4, -0.2) is 72.0 Å². The van der Waals surface area contributed by atoms with Gasteiger partial charge < -0.3 is 14.7 Å². The number of carbonyl (C=O) groups excluding carboxylic acids is 2. The molecule has 1 amide bonds. The topological polar surface area (TPSA) is 70.1 Å². The van der Waals surface area contributed by atoms with Crippen molar-refractivity contribution in [2.45, 2.75) is 19.4 Å². The quantitative estimate of drug-likeness (QED) is 0.671. The number of nitrogens with zero attached hydrogens (tertiary/aromatic N) is 2. The Morgan fingerprint density at radius 1 is 1.03 bits per heavy atom. The fourth-order valence-corrected chi connectivity index (χ4v) is 3.40. The minimum atomic E-state index is -0.654. The number of ketones is 1. The largest absolute Gasteiger partial charge is 0.491 e. The Balaban J connectivity index is 1.37. The van der Waals surface area contributed by atoms with Crippen molar-refractivity contribution in [3.63, 3.8) is 0 Å². The number of β-amino-alcohol motifs (C(OH)–C–C–N with tert-alkyl or cyclic N) is 1. The molecule has 0 saturated carbocycles. The number of piperazine rings is 1. The van der Waals surface area contributed by atoms with Gasteiger partial charge >= 0.3 is 0 Å². The van der Waals surface area contributed by atoms with Gasteiger partial charge in [-0.3, -0.25) is 14.5 Å². The molecule has 7 heteroatoms. The molecular formula is C23H27FN2O4. The van der Waals surface area contributed by atoms with Crippen molar-refractivity contribution in [1.29, 1.82) is 0 Å². The number of rotatable bonds is 8. The Hall–Kier alpha value is -2.77. The predicted molar refractivity (Wildman–Crippen MR) is 111 cm³/mol. The normalized spacial score (nSPS) is 15.6. The van der Waals surface area contributed by atoms with E-state index >= 15 is 0 Å². The van der Waals surface area contributed by atoms with Gasteiger partial charge in [0.1, 0.15) is 24.3 Å². The number of aliphatic hydroxyl groups is 1. The highest BCUT2D eigenvalue weighted by Crippen LogP contribution is 2.13. The van der Waals surface area contributed by atoms with Crippen LogP contribution in [0.5, 0.6) is 5.75 Å². The van der Waals surface area contributed by atoms with E-state index in [4.69, 9.17) is 4.74 Å². The minimum Gasteiger partial charge on any atom is -0.491 e. The monoisotopic (exact) mass is 414 g/mol. The Bertz CT molecular complexity index is 847. The summed E-state index contributed by atoms with van der Waals surface area (Å²) in [6.45, 7) is 4.68. The van der Waals surface area contributed by atoms with E-state index in [0.717, 1.165) is 5.56 Å². The molecule has 0 radical (unpaired) electrons. The molecule has 1 N–H and O–H groups in total. The number of halogens is 1. The molecule has 0 bridgehead atoms. The van der Waals surface area contributed by atoms with E-state index in [0.29, 0.717) is 44.0 Å². The first kappa shape index (κ1) is 21.9. The van der Waals surface area contributed by atoms with Gasteiger partial charge in [-0.2, -0.15) is 0 Å². The molecule has 0 spiro atoms. The van der Waals surface area contributed by atoms with Crippen LogP contribution in [0.2, 0.25) is 0 Å². The van der Waals surface area contributed by atoms with Crippen LogP contribution in [0, 0.1) is 5.82 Å². The van der Waals surface area contributed by atoms with Gasteiger partial charge in [0.15, 0.2) is 5.78 Å². The van der Waals surface area contributed by atoms with Crippen molar-refractivity contribution in [1.82, 2.24) is 9.80 Å². The third-order valence-electron chi connectivity index (χ3n) is 5.17. The Morgan fingerprint density at radius 2 is 1.67 bits per heavy atom. The first-order valence-electron chi connectivity index (χ1n) is 10.1. The first-order chi connectivity index (χ1) is 14.4. The summed E-state index contributed by atoms with van der Waals surface area (Å²) in [6, 6.07) is 12.8. The molecule has 1 aliphatic rings. The summed E-state index contributed by atoms with van der Waals surface area (Å²) in [6.07, 6.45) is -0.391. The Labute approximate surface area is 175 Å². The molecule has 1 unspecified atom stereocenters. The third-order valence-corrected chi connectivity index (χ3v) is 5.17. The number of Topliss-reactive ketones (excluding diaryl/α,β-unsaturated/α-hetero) is 1. The summed E-state index contributed by atoms with van der Waals surface area (Å²) >= 11 is 0. The number of benzene rings is 2. The summed E-state index contributed by atoms with van der Waals surface area (Å²) in [7, 11) is 0. The molecule has 1 heterocycles.